The molecule has 2 aliphatic heterocycles. The Morgan fingerprint density at radius 1 is 1.26 bits per heavy atom. The van der Waals surface area contributed by atoms with Crippen molar-refractivity contribution in [3.8, 4) is 5.75 Å². The third-order valence-corrected chi connectivity index (χ3v) is 6.72. The second kappa shape index (κ2) is 8.59. The van der Waals surface area contributed by atoms with Gasteiger partial charge in [-0.25, -0.2) is 4.98 Å². The Labute approximate surface area is 185 Å². The summed E-state index contributed by atoms with van der Waals surface area (Å²) in [6.45, 7) is 4.72. The van der Waals surface area contributed by atoms with Crippen LogP contribution in [0.4, 0.5) is 0 Å². The van der Waals surface area contributed by atoms with E-state index < -0.39 is 29.1 Å². The highest BCUT2D eigenvalue weighted by Crippen LogP contribution is 2.52. The molecule has 7 nitrogen and oxygen atoms in total. The Morgan fingerprint density at radius 3 is 2.84 bits per heavy atom. The van der Waals surface area contributed by atoms with Crippen molar-refractivity contribution in [1.82, 2.24) is 4.98 Å². The lowest BCUT2D eigenvalue weighted by atomic mass is 9.78. The number of aromatic nitrogens is 1. The van der Waals surface area contributed by atoms with E-state index in [0.29, 0.717) is 25.3 Å². The lowest BCUT2D eigenvalue weighted by Gasteiger charge is -2.20. The molecule has 2 aromatic rings. The summed E-state index contributed by atoms with van der Waals surface area (Å²) in [6, 6.07) is 7.80. The van der Waals surface area contributed by atoms with Crippen LogP contribution in [0.2, 0.25) is 0 Å². The molecule has 2 fully saturated rings. The average molecular weight is 446 g/mol. The van der Waals surface area contributed by atoms with Crippen molar-refractivity contribution in [3.05, 3.63) is 45.9 Å². The normalized spacial score (nSPS) is 27.5. The summed E-state index contributed by atoms with van der Waals surface area (Å²) in [5, 5.41) is 2.79. The van der Waals surface area contributed by atoms with Crippen LogP contribution in [0.5, 0.6) is 5.75 Å². The Balaban J connectivity index is 1.50. The molecule has 0 amide bonds. The van der Waals surface area contributed by atoms with Gasteiger partial charge in [-0.1, -0.05) is 25.1 Å². The summed E-state index contributed by atoms with van der Waals surface area (Å²) in [4.78, 5) is 30.3. The van der Waals surface area contributed by atoms with E-state index in [0.717, 1.165) is 22.7 Å². The molecule has 0 saturated carbocycles. The van der Waals surface area contributed by atoms with E-state index in [9.17, 15) is 9.59 Å². The van der Waals surface area contributed by atoms with E-state index in [1.165, 1.54) is 11.3 Å². The van der Waals surface area contributed by atoms with Gasteiger partial charge in [0.15, 0.2) is 11.0 Å². The number of thiazole rings is 1. The zero-order chi connectivity index (χ0) is 22.1. The van der Waals surface area contributed by atoms with E-state index in [4.69, 9.17) is 23.9 Å². The van der Waals surface area contributed by atoms with E-state index in [-0.39, 0.29) is 12.8 Å². The van der Waals surface area contributed by atoms with Crippen LogP contribution in [0, 0.1) is 5.41 Å². The van der Waals surface area contributed by atoms with E-state index in [2.05, 4.69) is 0 Å². The van der Waals surface area contributed by atoms with Crippen LogP contribution < -0.4 is 4.74 Å². The second-order valence-electron chi connectivity index (χ2n) is 8.30. The fraction of sp³-hybridized carbons (Fsp3) is 0.522. The maximum atomic E-state index is 12.8. The molecule has 2 aliphatic rings. The van der Waals surface area contributed by atoms with Gasteiger partial charge in [0.1, 0.15) is 11.9 Å². The Bertz CT molecular complexity index is 974. The smallest absolute Gasteiger partial charge is 0.324 e. The summed E-state index contributed by atoms with van der Waals surface area (Å²) in [5.41, 5.74) is -0.553. The van der Waals surface area contributed by atoms with Crippen molar-refractivity contribution in [2.45, 2.75) is 51.2 Å². The molecule has 166 valence electrons. The molecule has 3 atom stereocenters. The van der Waals surface area contributed by atoms with E-state index in [1.807, 2.05) is 43.5 Å². The van der Waals surface area contributed by atoms with Gasteiger partial charge in [0.2, 0.25) is 0 Å². The number of carbonyl (C=O) groups excluding carboxylic acids is 2. The first-order valence-electron chi connectivity index (χ1n) is 10.5. The molecule has 1 aromatic carbocycles. The van der Waals surface area contributed by atoms with Crippen LogP contribution in [0.15, 0.2) is 29.6 Å². The molecule has 8 heteroatoms. The van der Waals surface area contributed by atoms with Gasteiger partial charge in [-0.3, -0.25) is 9.59 Å². The van der Waals surface area contributed by atoms with Crippen LogP contribution in [-0.4, -0.2) is 43.4 Å². The monoisotopic (exact) mass is 445 g/mol. The number of para-hydroxylation sites is 1. The van der Waals surface area contributed by atoms with Crippen molar-refractivity contribution >= 4 is 23.3 Å². The van der Waals surface area contributed by atoms with Gasteiger partial charge in [0, 0.05) is 36.8 Å². The summed E-state index contributed by atoms with van der Waals surface area (Å²) >= 11 is 1.50. The molecular weight excluding hydrogens is 418 g/mol. The highest BCUT2D eigenvalue weighted by atomic mass is 32.1. The lowest BCUT2D eigenvalue weighted by Crippen LogP contribution is -2.32. The topological polar surface area (TPSA) is 84.0 Å². The van der Waals surface area contributed by atoms with Crippen LogP contribution in [0.1, 0.15) is 49.4 Å². The number of esters is 2. The summed E-state index contributed by atoms with van der Waals surface area (Å²) in [6.07, 6.45) is 1.57. The number of rotatable bonds is 8. The first kappa shape index (κ1) is 21.8. The number of cyclic esters (lactones) is 2. The number of nitrogens with zero attached hydrogens (tertiary/aromatic N) is 1. The van der Waals surface area contributed by atoms with Gasteiger partial charge >= 0.3 is 11.9 Å². The largest absolute Gasteiger partial charge is 0.496 e. The van der Waals surface area contributed by atoms with Crippen molar-refractivity contribution < 1.29 is 28.5 Å². The lowest BCUT2D eigenvalue weighted by molar-refractivity contribution is -0.160. The first-order chi connectivity index (χ1) is 14.9. The zero-order valence-corrected chi connectivity index (χ0v) is 18.8. The third kappa shape index (κ3) is 4.06. The van der Waals surface area contributed by atoms with Gasteiger partial charge in [-0.2, -0.15) is 0 Å². The molecular formula is C23H27NO6S. The van der Waals surface area contributed by atoms with Crippen LogP contribution >= 0.6 is 11.3 Å². The fourth-order valence-electron chi connectivity index (χ4n) is 4.32. The molecule has 31 heavy (non-hydrogen) atoms. The molecule has 1 aromatic heterocycles. The highest BCUT2D eigenvalue weighted by molar-refractivity contribution is 7.09. The van der Waals surface area contributed by atoms with Crippen molar-refractivity contribution in [2.75, 3.05) is 20.3 Å². The summed E-state index contributed by atoms with van der Waals surface area (Å²) < 4.78 is 22.2. The maximum Gasteiger partial charge on any atom is 0.324 e. The van der Waals surface area contributed by atoms with Gasteiger partial charge < -0.3 is 18.9 Å². The maximum absolute atomic E-state index is 12.8. The number of methoxy groups -OCH3 is 1. The Morgan fingerprint density at radius 2 is 2.06 bits per heavy atom. The van der Waals surface area contributed by atoms with E-state index >= 15 is 0 Å². The van der Waals surface area contributed by atoms with Crippen molar-refractivity contribution in [1.29, 1.82) is 0 Å². The molecule has 0 bridgehead atoms. The molecule has 1 spiro atoms. The Kier molecular flexibility index (Phi) is 6.03. The molecule has 0 aliphatic carbocycles. The van der Waals surface area contributed by atoms with Gasteiger partial charge in [-0.15, -0.1) is 11.3 Å². The third-order valence-electron chi connectivity index (χ3n) is 5.87. The number of hydrogen-bond acceptors (Lipinski definition) is 8. The number of carbonyl (C=O) groups is 2. The number of ether oxygens (including phenoxy) is 4. The average Bonchev–Trinajstić information content (AvgIpc) is 3.41. The molecule has 0 N–H and O–H groups in total. The molecule has 0 radical (unpaired) electrons. The first-order valence-corrected chi connectivity index (χ1v) is 11.4. The fourth-order valence-corrected chi connectivity index (χ4v) is 5.26. The van der Waals surface area contributed by atoms with Crippen LogP contribution in [-0.2, 0) is 35.8 Å². The molecule has 2 saturated heterocycles. The SMILES string of the molecule is CCCOC[C@H]1C[C@@]2(C[C@@](C)(c3csc(Cc4ccccc4OC)n3)OC2=O)C(=O)O1. The minimum atomic E-state index is -1.28. The summed E-state index contributed by atoms with van der Waals surface area (Å²) in [5.74, 6) is -0.241. The van der Waals surface area contributed by atoms with Crippen LogP contribution in [0.25, 0.3) is 0 Å². The van der Waals surface area contributed by atoms with Gasteiger partial charge in [-0.05, 0) is 19.4 Å². The molecule has 3 heterocycles. The standard InChI is InChI=1S/C23H27NO6S/c1-4-9-28-12-16-11-23(20(25)29-16)14-22(2,30-21(23)26)18-13-31-19(24-18)10-15-7-5-6-8-17(15)27-3/h5-8,13,16H,4,9-12,14H2,1-3H3/t16-,22+,23-/m1/s1. The predicted octanol–water partition coefficient (Wildman–Crippen LogP) is 3.63. The zero-order valence-electron chi connectivity index (χ0n) is 18.0. The van der Waals surface area contributed by atoms with Gasteiger partial charge in [0.05, 0.1) is 24.4 Å². The summed E-state index contributed by atoms with van der Waals surface area (Å²) in [7, 11) is 1.64. The number of benzene rings is 1. The minimum Gasteiger partial charge on any atom is -0.496 e. The van der Waals surface area contributed by atoms with Crippen LogP contribution in [0.3, 0.4) is 0 Å². The molecule has 0 unspecified atom stereocenters. The van der Waals surface area contributed by atoms with Gasteiger partial charge in [0.25, 0.3) is 0 Å². The molecule has 4 rings (SSSR count). The predicted molar refractivity (Wildman–Crippen MR) is 114 cm³/mol. The number of hydrogen-bond donors (Lipinski definition) is 0. The van der Waals surface area contributed by atoms with E-state index in [1.54, 1.807) is 7.11 Å². The van der Waals surface area contributed by atoms with Crippen molar-refractivity contribution in [2.24, 2.45) is 5.41 Å². The highest BCUT2D eigenvalue weighted by Gasteiger charge is 2.65. The Hall–Kier alpha value is -2.45. The van der Waals surface area contributed by atoms with Crippen molar-refractivity contribution in [3.63, 3.8) is 0 Å². The minimum absolute atomic E-state index is 0.222. The second-order valence-corrected chi connectivity index (χ2v) is 9.24. The quantitative estimate of drug-likeness (QED) is 0.348.